The average molecular weight is 255 g/mol. The van der Waals surface area contributed by atoms with E-state index in [1.165, 1.54) is 11.8 Å². The standard InChI is InChI=1S/C11H13NO4S/c1-16-8-4-2-3-5-9(8)17-7-10(13)12-6-11(14)15/h2-5H,6-7H2,1H3,(H,12,13)(H,14,15). The summed E-state index contributed by atoms with van der Waals surface area (Å²) in [6.45, 7) is -0.356. The lowest BCUT2D eigenvalue weighted by molar-refractivity contribution is -0.137. The molecule has 0 radical (unpaired) electrons. The summed E-state index contributed by atoms with van der Waals surface area (Å²) in [5.74, 6) is -0.513. The second kappa shape index (κ2) is 6.80. The molecule has 0 saturated heterocycles. The fraction of sp³-hybridized carbons (Fsp3) is 0.273. The van der Waals surface area contributed by atoms with Gasteiger partial charge in [0.1, 0.15) is 12.3 Å². The van der Waals surface area contributed by atoms with E-state index < -0.39 is 5.97 Å². The SMILES string of the molecule is COc1ccccc1SCC(=O)NCC(=O)O. The first kappa shape index (κ1) is 13.4. The molecule has 0 atom stereocenters. The zero-order valence-electron chi connectivity index (χ0n) is 9.30. The molecule has 0 aliphatic carbocycles. The summed E-state index contributed by atoms with van der Waals surface area (Å²) >= 11 is 1.30. The van der Waals surface area contributed by atoms with Crippen molar-refractivity contribution < 1.29 is 19.4 Å². The van der Waals surface area contributed by atoms with Gasteiger partial charge < -0.3 is 15.2 Å². The Morgan fingerprint density at radius 1 is 1.41 bits per heavy atom. The Hall–Kier alpha value is -1.69. The smallest absolute Gasteiger partial charge is 0.322 e. The number of hydrogen-bond acceptors (Lipinski definition) is 4. The maximum Gasteiger partial charge on any atom is 0.322 e. The number of carbonyl (C=O) groups excluding carboxylic acids is 1. The Kier molecular flexibility index (Phi) is 5.35. The topological polar surface area (TPSA) is 75.6 Å². The lowest BCUT2D eigenvalue weighted by Crippen LogP contribution is -2.30. The van der Waals surface area contributed by atoms with Gasteiger partial charge in [-0.3, -0.25) is 9.59 Å². The molecule has 0 fully saturated rings. The number of thioether (sulfide) groups is 1. The average Bonchev–Trinajstić information content (AvgIpc) is 2.34. The van der Waals surface area contributed by atoms with Crippen LogP contribution >= 0.6 is 11.8 Å². The van der Waals surface area contributed by atoms with Gasteiger partial charge in [0.2, 0.25) is 5.91 Å². The van der Waals surface area contributed by atoms with E-state index in [1.54, 1.807) is 13.2 Å². The largest absolute Gasteiger partial charge is 0.496 e. The first-order chi connectivity index (χ1) is 8.13. The first-order valence-electron chi connectivity index (χ1n) is 4.88. The van der Waals surface area contributed by atoms with E-state index in [0.717, 1.165) is 4.90 Å². The minimum Gasteiger partial charge on any atom is -0.496 e. The molecule has 0 aromatic heterocycles. The molecule has 1 amide bonds. The minimum absolute atomic E-state index is 0.160. The van der Waals surface area contributed by atoms with Crippen LogP contribution in [0, 0.1) is 0 Å². The second-order valence-electron chi connectivity index (χ2n) is 3.11. The van der Waals surface area contributed by atoms with Crippen LogP contribution in [0.4, 0.5) is 0 Å². The number of benzene rings is 1. The van der Waals surface area contributed by atoms with Crippen LogP contribution < -0.4 is 10.1 Å². The van der Waals surface area contributed by atoms with Crippen LogP contribution in [0.15, 0.2) is 29.2 Å². The van der Waals surface area contributed by atoms with Gasteiger partial charge in [-0.1, -0.05) is 12.1 Å². The lowest BCUT2D eigenvalue weighted by atomic mass is 10.3. The highest BCUT2D eigenvalue weighted by Gasteiger charge is 2.07. The molecule has 17 heavy (non-hydrogen) atoms. The Labute approximate surface area is 103 Å². The van der Waals surface area contributed by atoms with Gasteiger partial charge in [-0.25, -0.2) is 0 Å². The van der Waals surface area contributed by atoms with Gasteiger partial charge in [0.15, 0.2) is 0 Å². The maximum absolute atomic E-state index is 11.3. The van der Waals surface area contributed by atoms with Crippen molar-refractivity contribution >= 4 is 23.6 Å². The van der Waals surface area contributed by atoms with Crippen LogP contribution in [0.25, 0.3) is 0 Å². The van der Waals surface area contributed by atoms with Crippen molar-refractivity contribution in [1.82, 2.24) is 5.32 Å². The van der Waals surface area contributed by atoms with Gasteiger partial charge in [0.25, 0.3) is 0 Å². The normalized spacial score (nSPS) is 9.71. The van der Waals surface area contributed by atoms with E-state index in [-0.39, 0.29) is 18.2 Å². The number of methoxy groups -OCH3 is 1. The summed E-state index contributed by atoms with van der Waals surface area (Å²) < 4.78 is 5.13. The molecule has 0 unspecified atom stereocenters. The van der Waals surface area contributed by atoms with Gasteiger partial charge in [-0.2, -0.15) is 0 Å². The number of para-hydroxylation sites is 1. The third-order valence-corrected chi connectivity index (χ3v) is 2.92. The third kappa shape index (κ3) is 4.78. The second-order valence-corrected chi connectivity index (χ2v) is 4.13. The van der Waals surface area contributed by atoms with E-state index in [2.05, 4.69) is 5.32 Å². The van der Waals surface area contributed by atoms with Gasteiger partial charge in [0.05, 0.1) is 12.9 Å². The number of ether oxygens (including phenoxy) is 1. The number of nitrogens with one attached hydrogen (secondary N) is 1. The zero-order valence-corrected chi connectivity index (χ0v) is 10.1. The van der Waals surface area contributed by atoms with Crippen molar-refractivity contribution in [3.05, 3.63) is 24.3 Å². The molecule has 1 rings (SSSR count). The molecular weight excluding hydrogens is 242 g/mol. The molecular formula is C11H13NO4S. The molecule has 0 spiro atoms. The van der Waals surface area contributed by atoms with Crippen LogP contribution in [0.5, 0.6) is 5.75 Å². The van der Waals surface area contributed by atoms with E-state index in [0.29, 0.717) is 5.75 Å². The summed E-state index contributed by atoms with van der Waals surface area (Å²) in [7, 11) is 1.56. The summed E-state index contributed by atoms with van der Waals surface area (Å²) in [5, 5.41) is 10.7. The van der Waals surface area contributed by atoms with E-state index in [9.17, 15) is 9.59 Å². The van der Waals surface area contributed by atoms with E-state index in [1.807, 2.05) is 18.2 Å². The monoisotopic (exact) mass is 255 g/mol. The number of carboxylic acids is 1. The first-order valence-corrected chi connectivity index (χ1v) is 5.86. The van der Waals surface area contributed by atoms with E-state index in [4.69, 9.17) is 9.84 Å². The molecule has 5 nitrogen and oxygen atoms in total. The molecule has 0 aliphatic rings. The summed E-state index contributed by atoms with van der Waals surface area (Å²) in [6, 6.07) is 7.33. The molecule has 2 N–H and O–H groups in total. The lowest BCUT2D eigenvalue weighted by Gasteiger charge is -2.07. The Bertz CT molecular complexity index is 408. The predicted molar refractivity (Wildman–Crippen MR) is 64.4 cm³/mol. The quantitative estimate of drug-likeness (QED) is 0.741. The Balaban J connectivity index is 2.44. The number of hydrogen-bond donors (Lipinski definition) is 2. The maximum atomic E-state index is 11.3. The van der Waals surface area contributed by atoms with Crippen molar-refractivity contribution in [1.29, 1.82) is 0 Å². The van der Waals surface area contributed by atoms with Gasteiger partial charge in [-0.15, -0.1) is 11.8 Å². The summed E-state index contributed by atoms with van der Waals surface area (Å²) in [6.07, 6.45) is 0. The molecule has 0 bridgehead atoms. The van der Waals surface area contributed by atoms with Crippen LogP contribution in [0.3, 0.4) is 0 Å². The summed E-state index contributed by atoms with van der Waals surface area (Å²) in [5.41, 5.74) is 0. The van der Waals surface area contributed by atoms with Gasteiger partial charge in [-0.05, 0) is 12.1 Å². The molecule has 1 aromatic carbocycles. The van der Waals surface area contributed by atoms with Crippen molar-refractivity contribution in [2.75, 3.05) is 19.4 Å². The third-order valence-electron chi connectivity index (χ3n) is 1.86. The van der Waals surface area contributed by atoms with E-state index >= 15 is 0 Å². The fourth-order valence-corrected chi connectivity index (χ4v) is 1.96. The zero-order chi connectivity index (χ0) is 12.7. The molecule has 0 saturated carbocycles. The van der Waals surface area contributed by atoms with Crippen LogP contribution in [0.1, 0.15) is 0 Å². The highest BCUT2D eigenvalue weighted by molar-refractivity contribution is 8.00. The van der Waals surface area contributed by atoms with Crippen molar-refractivity contribution in [2.45, 2.75) is 4.90 Å². The molecule has 0 aliphatic heterocycles. The highest BCUT2D eigenvalue weighted by atomic mass is 32.2. The van der Waals surface area contributed by atoms with Crippen molar-refractivity contribution in [3.63, 3.8) is 0 Å². The molecule has 0 heterocycles. The minimum atomic E-state index is -1.05. The van der Waals surface area contributed by atoms with Crippen LogP contribution in [-0.2, 0) is 9.59 Å². The number of aliphatic carboxylic acids is 1. The van der Waals surface area contributed by atoms with Crippen molar-refractivity contribution in [3.8, 4) is 5.75 Å². The van der Waals surface area contributed by atoms with Crippen molar-refractivity contribution in [2.24, 2.45) is 0 Å². The number of carbonyl (C=O) groups is 2. The number of amides is 1. The highest BCUT2D eigenvalue weighted by Crippen LogP contribution is 2.28. The number of carboxylic acid groups (broad SMARTS) is 1. The number of rotatable bonds is 6. The van der Waals surface area contributed by atoms with Crippen LogP contribution in [0.2, 0.25) is 0 Å². The predicted octanol–water partition coefficient (Wildman–Crippen LogP) is 0.988. The van der Waals surface area contributed by atoms with Gasteiger partial charge >= 0.3 is 5.97 Å². The van der Waals surface area contributed by atoms with Crippen LogP contribution in [-0.4, -0.2) is 36.4 Å². The summed E-state index contributed by atoms with van der Waals surface area (Å²) in [4.78, 5) is 22.4. The van der Waals surface area contributed by atoms with Gasteiger partial charge in [0, 0.05) is 4.90 Å². The molecule has 92 valence electrons. The molecule has 6 heteroatoms. The fourth-order valence-electron chi connectivity index (χ4n) is 1.11. The Morgan fingerprint density at radius 3 is 2.76 bits per heavy atom. The Morgan fingerprint density at radius 2 is 2.12 bits per heavy atom. The molecule has 1 aromatic rings.